The van der Waals surface area contributed by atoms with Gasteiger partial charge in [-0.15, -0.1) is 0 Å². The van der Waals surface area contributed by atoms with E-state index in [-0.39, 0.29) is 5.41 Å². The van der Waals surface area contributed by atoms with Crippen LogP contribution in [0.2, 0.25) is 0 Å². The molecule has 17 heavy (non-hydrogen) atoms. The Morgan fingerprint density at radius 1 is 0.765 bits per heavy atom. The quantitative estimate of drug-likeness (QED) is 0.784. The van der Waals surface area contributed by atoms with E-state index in [9.17, 15) is 0 Å². The summed E-state index contributed by atoms with van der Waals surface area (Å²) in [5, 5.41) is 0. The van der Waals surface area contributed by atoms with Gasteiger partial charge < -0.3 is 0 Å². The van der Waals surface area contributed by atoms with Crippen molar-refractivity contribution in [3.8, 4) is 0 Å². The van der Waals surface area contributed by atoms with Gasteiger partial charge >= 0.3 is 0 Å². The van der Waals surface area contributed by atoms with Crippen LogP contribution in [-0.4, -0.2) is 9.97 Å². The van der Waals surface area contributed by atoms with Crippen LogP contribution in [0, 0.1) is 13.8 Å². The fraction of sp³-hybridized carbons (Fsp3) is 0.333. The summed E-state index contributed by atoms with van der Waals surface area (Å²) in [6, 6.07) is 12.3. The number of hydrogen-bond acceptors (Lipinski definition) is 2. The van der Waals surface area contributed by atoms with E-state index in [1.165, 1.54) is 0 Å². The van der Waals surface area contributed by atoms with Crippen LogP contribution in [0.15, 0.2) is 36.4 Å². The molecule has 0 spiro atoms. The summed E-state index contributed by atoms with van der Waals surface area (Å²) in [6.07, 6.45) is 0. The van der Waals surface area contributed by atoms with Crippen LogP contribution in [0.3, 0.4) is 0 Å². The Kier molecular flexibility index (Phi) is 2.97. The number of pyridine rings is 2. The van der Waals surface area contributed by atoms with Crippen LogP contribution in [0.4, 0.5) is 0 Å². The topological polar surface area (TPSA) is 25.8 Å². The average Bonchev–Trinajstić information content (AvgIpc) is 2.29. The van der Waals surface area contributed by atoms with E-state index in [2.05, 4.69) is 48.1 Å². The molecule has 0 bridgehead atoms. The first-order valence-electron chi connectivity index (χ1n) is 5.88. The Morgan fingerprint density at radius 2 is 1.18 bits per heavy atom. The second-order valence-corrected chi connectivity index (χ2v) is 4.95. The Bertz CT molecular complexity index is 482. The Balaban J connectivity index is 2.49. The van der Waals surface area contributed by atoms with Gasteiger partial charge in [-0.1, -0.05) is 12.1 Å². The maximum atomic E-state index is 4.61. The fourth-order valence-corrected chi connectivity index (χ4v) is 1.91. The van der Waals surface area contributed by atoms with Crippen LogP contribution in [0.1, 0.15) is 36.6 Å². The van der Waals surface area contributed by atoms with Crippen LogP contribution in [0.5, 0.6) is 0 Å². The molecule has 0 fully saturated rings. The van der Waals surface area contributed by atoms with Gasteiger partial charge in [-0.05, 0) is 52.0 Å². The SMILES string of the molecule is Cc1cccc(C(C)(C)c2cccc(C)n2)n1. The predicted molar refractivity (Wildman–Crippen MR) is 70.1 cm³/mol. The molecule has 0 aliphatic carbocycles. The third kappa shape index (κ3) is 2.36. The van der Waals surface area contributed by atoms with Crippen molar-refractivity contribution in [1.29, 1.82) is 0 Å². The zero-order valence-electron chi connectivity index (χ0n) is 10.9. The van der Waals surface area contributed by atoms with E-state index in [1.54, 1.807) is 0 Å². The highest BCUT2D eigenvalue weighted by Gasteiger charge is 2.26. The van der Waals surface area contributed by atoms with Crippen molar-refractivity contribution in [2.45, 2.75) is 33.1 Å². The zero-order chi connectivity index (χ0) is 12.5. The van der Waals surface area contributed by atoms with Crippen molar-refractivity contribution in [2.75, 3.05) is 0 Å². The van der Waals surface area contributed by atoms with Crippen molar-refractivity contribution in [3.63, 3.8) is 0 Å². The normalized spacial score (nSPS) is 11.5. The van der Waals surface area contributed by atoms with Crippen LogP contribution in [0.25, 0.3) is 0 Å². The largest absolute Gasteiger partial charge is 0.257 e. The van der Waals surface area contributed by atoms with Gasteiger partial charge in [0, 0.05) is 16.8 Å². The summed E-state index contributed by atoms with van der Waals surface area (Å²) in [5.74, 6) is 0. The Morgan fingerprint density at radius 3 is 1.53 bits per heavy atom. The van der Waals surface area contributed by atoms with Gasteiger partial charge in [0.15, 0.2) is 0 Å². The number of hydrogen-bond donors (Lipinski definition) is 0. The molecule has 2 rings (SSSR count). The third-order valence-electron chi connectivity index (χ3n) is 3.06. The van der Waals surface area contributed by atoms with Gasteiger partial charge in [-0.3, -0.25) is 9.97 Å². The van der Waals surface area contributed by atoms with Crippen molar-refractivity contribution < 1.29 is 0 Å². The molecule has 0 saturated carbocycles. The van der Waals surface area contributed by atoms with Gasteiger partial charge in [0.1, 0.15) is 0 Å². The van der Waals surface area contributed by atoms with E-state index in [0.29, 0.717) is 0 Å². The minimum Gasteiger partial charge on any atom is -0.257 e. The summed E-state index contributed by atoms with van der Waals surface area (Å²) in [5.41, 5.74) is 4.07. The minimum absolute atomic E-state index is 0.155. The molecule has 0 aliphatic rings. The lowest BCUT2D eigenvalue weighted by molar-refractivity contribution is 0.591. The highest BCUT2D eigenvalue weighted by molar-refractivity contribution is 5.30. The third-order valence-corrected chi connectivity index (χ3v) is 3.06. The second-order valence-electron chi connectivity index (χ2n) is 4.95. The molecule has 2 nitrogen and oxygen atoms in total. The minimum atomic E-state index is -0.155. The van der Waals surface area contributed by atoms with E-state index >= 15 is 0 Å². The standard InChI is InChI=1S/C15H18N2/c1-11-7-5-9-13(16-11)15(3,4)14-10-6-8-12(2)17-14/h5-10H,1-4H3. The van der Waals surface area contributed by atoms with Crippen molar-refractivity contribution in [2.24, 2.45) is 0 Å². The Hall–Kier alpha value is -1.70. The summed E-state index contributed by atoms with van der Waals surface area (Å²) >= 11 is 0. The Labute approximate surface area is 103 Å². The summed E-state index contributed by atoms with van der Waals surface area (Å²) < 4.78 is 0. The first kappa shape index (κ1) is 11.8. The van der Waals surface area contributed by atoms with Crippen molar-refractivity contribution in [3.05, 3.63) is 59.2 Å². The maximum Gasteiger partial charge on any atom is 0.0522 e. The molecule has 0 saturated heterocycles. The molecule has 2 heteroatoms. The maximum absolute atomic E-state index is 4.61. The molecule has 2 heterocycles. The van der Waals surface area contributed by atoms with Gasteiger partial charge in [0.25, 0.3) is 0 Å². The van der Waals surface area contributed by atoms with Gasteiger partial charge in [-0.25, -0.2) is 0 Å². The van der Waals surface area contributed by atoms with Crippen molar-refractivity contribution >= 4 is 0 Å². The van der Waals surface area contributed by atoms with Gasteiger partial charge in [0.05, 0.1) is 11.4 Å². The van der Waals surface area contributed by atoms with Crippen molar-refractivity contribution in [1.82, 2.24) is 9.97 Å². The van der Waals surface area contributed by atoms with Crippen LogP contribution in [-0.2, 0) is 5.41 Å². The predicted octanol–water partition coefficient (Wildman–Crippen LogP) is 3.42. The zero-order valence-corrected chi connectivity index (χ0v) is 10.9. The van der Waals surface area contributed by atoms with Gasteiger partial charge in [0.2, 0.25) is 0 Å². The molecule has 0 amide bonds. The first-order chi connectivity index (χ1) is 8.00. The molecule has 0 aliphatic heterocycles. The lowest BCUT2D eigenvalue weighted by atomic mass is 9.84. The summed E-state index contributed by atoms with van der Waals surface area (Å²) in [4.78, 5) is 9.22. The number of rotatable bonds is 2. The highest BCUT2D eigenvalue weighted by atomic mass is 14.8. The first-order valence-corrected chi connectivity index (χ1v) is 5.88. The van der Waals surface area contributed by atoms with E-state index in [4.69, 9.17) is 0 Å². The number of nitrogens with zero attached hydrogens (tertiary/aromatic N) is 2. The molecule has 0 N–H and O–H groups in total. The second kappa shape index (κ2) is 4.28. The molecular weight excluding hydrogens is 208 g/mol. The molecule has 2 aromatic rings. The molecule has 0 aromatic carbocycles. The lowest BCUT2D eigenvalue weighted by Gasteiger charge is -2.24. The average molecular weight is 226 g/mol. The smallest absolute Gasteiger partial charge is 0.0522 e. The van der Waals surface area contributed by atoms with Crippen LogP contribution >= 0.6 is 0 Å². The molecule has 88 valence electrons. The number of aryl methyl sites for hydroxylation is 2. The van der Waals surface area contributed by atoms with Crippen LogP contribution < -0.4 is 0 Å². The highest BCUT2D eigenvalue weighted by Crippen LogP contribution is 2.28. The van der Waals surface area contributed by atoms with E-state index in [1.807, 2.05) is 26.0 Å². The van der Waals surface area contributed by atoms with E-state index in [0.717, 1.165) is 22.8 Å². The fourth-order valence-electron chi connectivity index (χ4n) is 1.91. The van der Waals surface area contributed by atoms with E-state index < -0.39 is 0 Å². The number of aromatic nitrogens is 2. The van der Waals surface area contributed by atoms with Gasteiger partial charge in [-0.2, -0.15) is 0 Å². The summed E-state index contributed by atoms with van der Waals surface area (Å²) in [7, 11) is 0. The molecule has 0 unspecified atom stereocenters. The molecule has 2 aromatic heterocycles. The lowest BCUT2D eigenvalue weighted by Crippen LogP contribution is -2.22. The molecule has 0 atom stereocenters. The molecule has 0 radical (unpaired) electrons. The monoisotopic (exact) mass is 226 g/mol. The summed E-state index contributed by atoms with van der Waals surface area (Å²) in [6.45, 7) is 8.36. The molecular formula is C15H18N2.